The van der Waals surface area contributed by atoms with Crippen LogP contribution >= 0.6 is 11.8 Å². The van der Waals surface area contributed by atoms with E-state index in [0.717, 1.165) is 17.1 Å². The lowest BCUT2D eigenvalue weighted by molar-refractivity contribution is -0.114. The third kappa shape index (κ3) is 3.00. The Morgan fingerprint density at radius 1 is 1.24 bits per heavy atom. The number of aromatic nitrogens is 1. The molecule has 4 heteroatoms. The minimum Gasteiger partial charge on any atom is -0.335 e. The molecule has 0 saturated heterocycles. The van der Waals surface area contributed by atoms with Gasteiger partial charge in [-0.25, -0.2) is 0 Å². The molecule has 0 spiro atoms. The van der Waals surface area contributed by atoms with Gasteiger partial charge in [-0.15, -0.1) is 0 Å². The third-order valence-electron chi connectivity index (χ3n) is 3.37. The molecule has 1 aromatic heterocycles. The zero-order chi connectivity index (χ0) is 14.7. The number of fused-ring (bicyclic) bond motifs is 1. The highest BCUT2D eigenvalue weighted by atomic mass is 32.2. The maximum absolute atomic E-state index is 12.2. The molecule has 0 saturated carbocycles. The Hall–Kier alpha value is -2.07. The van der Waals surface area contributed by atoms with E-state index in [1.54, 1.807) is 30.2 Å². The summed E-state index contributed by atoms with van der Waals surface area (Å²) in [6.45, 7) is 2.96. The molecular formula is C17H16N2OS. The first-order chi connectivity index (χ1) is 10.3. The highest BCUT2D eigenvalue weighted by Crippen LogP contribution is 2.45. The Balaban J connectivity index is 1.79. The van der Waals surface area contributed by atoms with Crippen LogP contribution < -0.4 is 4.90 Å². The molecule has 2 heterocycles. The van der Waals surface area contributed by atoms with Crippen molar-refractivity contribution in [2.24, 2.45) is 0 Å². The average molecular weight is 296 g/mol. The molecule has 1 aromatic carbocycles. The highest BCUT2D eigenvalue weighted by molar-refractivity contribution is 8.03. The van der Waals surface area contributed by atoms with E-state index < -0.39 is 0 Å². The van der Waals surface area contributed by atoms with Crippen LogP contribution in [0.3, 0.4) is 0 Å². The summed E-state index contributed by atoms with van der Waals surface area (Å²) in [5.41, 5.74) is 2.18. The van der Waals surface area contributed by atoms with Gasteiger partial charge in [0.05, 0.1) is 10.7 Å². The lowest BCUT2D eigenvalue weighted by Gasteiger charge is -2.17. The van der Waals surface area contributed by atoms with Crippen molar-refractivity contribution in [1.29, 1.82) is 0 Å². The van der Waals surface area contributed by atoms with E-state index in [-0.39, 0.29) is 5.78 Å². The maximum atomic E-state index is 12.2. The smallest absolute Gasteiger partial charge is 0.162 e. The van der Waals surface area contributed by atoms with Gasteiger partial charge in [0.15, 0.2) is 5.78 Å². The Morgan fingerprint density at radius 2 is 2.00 bits per heavy atom. The van der Waals surface area contributed by atoms with Gasteiger partial charge < -0.3 is 4.90 Å². The van der Waals surface area contributed by atoms with Crippen LogP contribution in [0.2, 0.25) is 0 Å². The Bertz CT molecular complexity index is 682. The van der Waals surface area contributed by atoms with Crippen molar-refractivity contribution >= 4 is 23.2 Å². The summed E-state index contributed by atoms with van der Waals surface area (Å²) in [4.78, 5) is 19.6. The molecule has 0 bridgehead atoms. The molecule has 21 heavy (non-hydrogen) atoms. The number of nitrogens with zero attached hydrogens (tertiary/aromatic N) is 2. The summed E-state index contributed by atoms with van der Waals surface area (Å²) in [6, 6.07) is 12.0. The molecule has 3 nitrogen and oxygen atoms in total. The van der Waals surface area contributed by atoms with E-state index in [9.17, 15) is 4.79 Å². The van der Waals surface area contributed by atoms with Crippen LogP contribution in [0.25, 0.3) is 0 Å². The van der Waals surface area contributed by atoms with Crippen molar-refractivity contribution in [3.63, 3.8) is 0 Å². The molecule has 0 fully saturated rings. The van der Waals surface area contributed by atoms with E-state index in [4.69, 9.17) is 0 Å². The molecule has 2 aromatic rings. The molecule has 0 aliphatic carbocycles. The van der Waals surface area contributed by atoms with Crippen LogP contribution in [0.4, 0.5) is 5.69 Å². The minimum absolute atomic E-state index is 0.120. The molecule has 0 atom stereocenters. The summed E-state index contributed by atoms with van der Waals surface area (Å²) in [5.74, 6) is 0.120. The van der Waals surface area contributed by atoms with Gasteiger partial charge in [-0.1, -0.05) is 23.9 Å². The predicted octanol–water partition coefficient (Wildman–Crippen LogP) is 3.67. The Kier molecular flexibility index (Phi) is 4.06. The van der Waals surface area contributed by atoms with Crippen LogP contribution in [0.15, 0.2) is 64.8 Å². The van der Waals surface area contributed by atoms with E-state index in [1.807, 2.05) is 24.3 Å². The first kappa shape index (κ1) is 13.9. The summed E-state index contributed by atoms with van der Waals surface area (Å²) >= 11 is 1.66. The van der Waals surface area contributed by atoms with Gasteiger partial charge in [-0.05, 0) is 36.8 Å². The average Bonchev–Trinajstić information content (AvgIpc) is 2.85. The van der Waals surface area contributed by atoms with Crippen molar-refractivity contribution in [3.8, 4) is 0 Å². The number of carbonyl (C=O) groups excluding carboxylic acids is 1. The van der Waals surface area contributed by atoms with Crippen molar-refractivity contribution in [3.05, 3.63) is 65.5 Å². The molecule has 0 N–H and O–H groups in total. The van der Waals surface area contributed by atoms with Crippen LogP contribution in [-0.2, 0) is 11.2 Å². The molecular weight excluding hydrogens is 280 g/mol. The van der Waals surface area contributed by atoms with Gasteiger partial charge in [0.1, 0.15) is 0 Å². The first-order valence-corrected chi connectivity index (χ1v) is 7.77. The fourth-order valence-corrected chi connectivity index (χ4v) is 3.56. The number of pyridine rings is 1. The van der Waals surface area contributed by atoms with Crippen LogP contribution in [0.1, 0.15) is 12.5 Å². The van der Waals surface area contributed by atoms with Gasteiger partial charge in [0.25, 0.3) is 0 Å². The number of benzene rings is 1. The standard InChI is InChI=1S/C17H16N2OS/c1-2-19-15-5-3-4-6-16(15)21-17(19)12-14(20)11-13-7-9-18-10-8-13/h3-10,12H,2,11H2,1H3. The van der Waals surface area contributed by atoms with Crippen molar-refractivity contribution in [2.75, 3.05) is 11.4 Å². The first-order valence-electron chi connectivity index (χ1n) is 6.96. The van der Waals surface area contributed by atoms with E-state index in [0.29, 0.717) is 6.42 Å². The SMILES string of the molecule is CCN1C(=CC(=O)Cc2ccncc2)Sc2ccccc21. The van der Waals surface area contributed by atoms with Gasteiger partial charge in [-0.3, -0.25) is 9.78 Å². The molecule has 106 valence electrons. The Morgan fingerprint density at radius 3 is 2.76 bits per heavy atom. The highest BCUT2D eigenvalue weighted by Gasteiger charge is 2.23. The lowest BCUT2D eigenvalue weighted by atomic mass is 10.1. The molecule has 1 aliphatic heterocycles. The maximum Gasteiger partial charge on any atom is 0.162 e. The summed E-state index contributed by atoms with van der Waals surface area (Å²) in [7, 11) is 0. The number of anilines is 1. The van der Waals surface area contributed by atoms with Crippen LogP contribution in [0, 0.1) is 0 Å². The van der Waals surface area contributed by atoms with Gasteiger partial charge >= 0.3 is 0 Å². The fourth-order valence-electron chi connectivity index (χ4n) is 2.38. The number of thioether (sulfide) groups is 1. The quantitative estimate of drug-likeness (QED) is 0.806. The van der Waals surface area contributed by atoms with Crippen LogP contribution in [-0.4, -0.2) is 17.3 Å². The molecule has 0 radical (unpaired) electrons. The molecule has 0 unspecified atom stereocenters. The lowest BCUT2D eigenvalue weighted by Crippen LogP contribution is -2.17. The Labute approximate surface area is 128 Å². The van der Waals surface area contributed by atoms with E-state index >= 15 is 0 Å². The molecule has 0 amide bonds. The van der Waals surface area contributed by atoms with Crippen molar-refractivity contribution < 1.29 is 4.79 Å². The zero-order valence-corrected chi connectivity index (χ0v) is 12.6. The summed E-state index contributed by atoms with van der Waals surface area (Å²) < 4.78 is 0. The number of ketones is 1. The second-order valence-electron chi connectivity index (χ2n) is 4.80. The monoisotopic (exact) mass is 296 g/mol. The second kappa shape index (κ2) is 6.14. The third-order valence-corrected chi connectivity index (χ3v) is 4.48. The van der Waals surface area contributed by atoms with Crippen LogP contribution in [0.5, 0.6) is 0 Å². The predicted molar refractivity (Wildman–Crippen MR) is 86.4 cm³/mol. The summed E-state index contributed by atoms with van der Waals surface area (Å²) in [6.07, 6.45) is 5.61. The number of allylic oxidation sites excluding steroid dienone is 1. The van der Waals surface area contributed by atoms with Gasteiger partial charge in [-0.2, -0.15) is 0 Å². The minimum atomic E-state index is 0.120. The fraction of sp³-hybridized carbons (Fsp3) is 0.176. The number of para-hydroxylation sites is 1. The molecule has 3 rings (SSSR count). The van der Waals surface area contributed by atoms with E-state index in [2.05, 4.69) is 28.9 Å². The number of rotatable bonds is 4. The topological polar surface area (TPSA) is 33.2 Å². The number of hydrogen-bond acceptors (Lipinski definition) is 4. The largest absolute Gasteiger partial charge is 0.335 e. The normalized spacial score (nSPS) is 15.3. The number of carbonyl (C=O) groups is 1. The van der Waals surface area contributed by atoms with Gasteiger partial charge in [0.2, 0.25) is 0 Å². The number of hydrogen-bond donors (Lipinski definition) is 0. The zero-order valence-electron chi connectivity index (χ0n) is 11.8. The van der Waals surface area contributed by atoms with E-state index in [1.165, 1.54) is 10.6 Å². The van der Waals surface area contributed by atoms with Crippen molar-refractivity contribution in [1.82, 2.24) is 4.98 Å². The molecule has 1 aliphatic rings. The second-order valence-corrected chi connectivity index (χ2v) is 5.86. The van der Waals surface area contributed by atoms with Gasteiger partial charge in [0, 0.05) is 36.3 Å². The summed E-state index contributed by atoms with van der Waals surface area (Å²) in [5, 5.41) is 1.01. The van der Waals surface area contributed by atoms with Crippen molar-refractivity contribution in [2.45, 2.75) is 18.2 Å².